The van der Waals surface area contributed by atoms with Crippen LogP contribution < -0.4 is 0 Å². The van der Waals surface area contributed by atoms with Crippen molar-refractivity contribution in [1.82, 2.24) is 4.90 Å². The second-order valence-corrected chi connectivity index (χ2v) is 5.46. The fourth-order valence-electron chi connectivity index (χ4n) is 2.77. The Kier molecular flexibility index (Phi) is 4.94. The van der Waals surface area contributed by atoms with Gasteiger partial charge in [-0.25, -0.2) is 0 Å². The lowest BCUT2D eigenvalue weighted by atomic mass is 9.86. The number of Topliss-reactive ketones (excluding diaryl/α,β-unsaturated/α-hetero) is 1. The average molecular weight is 245 g/mol. The number of rotatable bonds is 5. The molecule has 0 heterocycles. The number of likely N-dealkylation sites (N-methyl/N-ethyl adjacent to an activating group) is 1. The van der Waals surface area contributed by atoms with Crippen LogP contribution in [-0.4, -0.2) is 24.3 Å². The van der Waals surface area contributed by atoms with E-state index in [4.69, 9.17) is 0 Å². The number of carbonyl (C=O) groups is 1. The van der Waals surface area contributed by atoms with Gasteiger partial charge in [0.05, 0.1) is 6.54 Å². The molecule has 0 atom stereocenters. The summed E-state index contributed by atoms with van der Waals surface area (Å²) in [5.74, 6) is 0.769. The molecular weight excluding hydrogens is 222 g/mol. The Bertz CT molecular complexity index is 368. The Hall–Kier alpha value is -1.15. The Morgan fingerprint density at radius 2 is 1.83 bits per heavy atom. The molecule has 0 N–H and O–H groups in total. The number of carbonyl (C=O) groups excluding carboxylic acids is 1. The molecule has 0 saturated heterocycles. The van der Waals surface area contributed by atoms with Crippen molar-refractivity contribution in [2.75, 3.05) is 13.6 Å². The molecule has 0 radical (unpaired) electrons. The maximum Gasteiger partial charge on any atom is 0.149 e. The first-order valence-electron chi connectivity index (χ1n) is 7.01. The second-order valence-electron chi connectivity index (χ2n) is 5.46. The van der Waals surface area contributed by atoms with Gasteiger partial charge in [-0.05, 0) is 25.5 Å². The van der Waals surface area contributed by atoms with Crippen molar-refractivity contribution >= 4 is 5.78 Å². The fourth-order valence-corrected chi connectivity index (χ4v) is 2.77. The smallest absolute Gasteiger partial charge is 0.149 e. The molecule has 1 aromatic rings. The van der Waals surface area contributed by atoms with Crippen molar-refractivity contribution in [3.8, 4) is 0 Å². The zero-order valence-corrected chi connectivity index (χ0v) is 11.3. The Morgan fingerprint density at radius 1 is 1.17 bits per heavy atom. The van der Waals surface area contributed by atoms with E-state index in [9.17, 15) is 4.79 Å². The van der Waals surface area contributed by atoms with Crippen LogP contribution in [0.25, 0.3) is 0 Å². The third-order valence-corrected chi connectivity index (χ3v) is 3.78. The highest BCUT2D eigenvalue weighted by Crippen LogP contribution is 2.24. The molecule has 1 aliphatic rings. The molecule has 2 nitrogen and oxygen atoms in total. The van der Waals surface area contributed by atoms with E-state index in [1.165, 1.54) is 24.8 Å². The summed E-state index contributed by atoms with van der Waals surface area (Å²) >= 11 is 0. The van der Waals surface area contributed by atoms with Crippen molar-refractivity contribution in [3.05, 3.63) is 35.9 Å². The molecule has 0 aromatic heterocycles. The Morgan fingerprint density at radius 3 is 2.50 bits per heavy atom. The maximum absolute atomic E-state index is 12.2. The second kappa shape index (κ2) is 6.69. The average Bonchev–Trinajstić information content (AvgIpc) is 2.40. The molecule has 2 rings (SSSR count). The summed E-state index contributed by atoms with van der Waals surface area (Å²) in [5.41, 5.74) is 1.27. The number of nitrogens with zero attached hydrogens (tertiary/aromatic N) is 1. The van der Waals surface area contributed by atoms with Crippen LogP contribution in [0.15, 0.2) is 30.3 Å². The molecule has 0 aliphatic heterocycles. The zero-order chi connectivity index (χ0) is 12.8. The molecule has 1 fully saturated rings. The lowest BCUT2D eigenvalue weighted by Crippen LogP contribution is -2.31. The van der Waals surface area contributed by atoms with Crippen LogP contribution in [0, 0.1) is 5.92 Å². The van der Waals surface area contributed by atoms with Gasteiger partial charge in [-0.15, -0.1) is 0 Å². The van der Waals surface area contributed by atoms with E-state index in [1.807, 2.05) is 25.2 Å². The van der Waals surface area contributed by atoms with E-state index in [0.29, 0.717) is 18.2 Å². The van der Waals surface area contributed by atoms with E-state index < -0.39 is 0 Å². The van der Waals surface area contributed by atoms with Gasteiger partial charge in [0.2, 0.25) is 0 Å². The zero-order valence-electron chi connectivity index (χ0n) is 11.3. The number of hydrogen-bond acceptors (Lipinski definition) is 2. The first-order chi connectivity index (χ1) is 8.75. The van der Waals surface area contributed by atoms with Crippen molar-refractivity contribution in [3.63, 3.8) is 0 Å². The maximum atomic E-state index is 12.2. The van der Waals surface area contributed by atoms with Crippen LogP contribution >= 0.6 is 0 Å². The number of ketones is 1. The van der Waals surface area contributed by atoms with E-state index in [-0.39, 0.29) is 0 Å². The minimum Gasteiger partial charge on any atom is -0.298 e. The van der Waals surface area contributed by atoms with Gasteiger partial charge in [-0.2, -0.15) is 0 Å². The molecule has 0 bridgehead atoms. The normalized spacial score (nSPS) is 17.0. The minimum atomic E-state index is 0.331. The van der Waals surface area contributed by atoms with Gasteiger partial charge in [-0.1, -0.05) is 49.6 Å². The summed E-state index contributed by atoms with van der Waals surface area (Å²) in [5, 5.41) is 0. The first kappa shape index (κ1) is 13.3. The van der Waals surface area contributed by atoms with E-state index >= 15 is 0 Å². The molecule has 1 saturated carbocycles. The predicted molar refractivity (Wildman–Crippen MR) is 74.4 cm³/mol. The van der Waals surface area contributed by atoms with Crippen LogP contribution in [0.5, 0.6) is 0 Å². The summed E-state index contributed by atoms with van der Waals surface area (Å²) in [6, 6.07) is 10.3. The predicted octanol–water partition coefficient (Wildman–Crippen LogP) is 3.27. The highest BCUT2D eigenvalue weighted by Gasteiger charge is 2.21. The molecule has 0 amide bonds. The summed E-state index contributed by atoms with van der Waals surface area (Å²) in [7, 11) is 2.04. The molecule has 98 valence electrons. The van der Waals surface area contributed by atoms with E-state index in [2.05, 4.69) is 17.0 Å². The van der Waals surface area contributed by atoms with Crippen molar-refractivity contribution in [2.24, 2.45) is 5.92 Å². The standard InChI is InChI=1S/C16H23NO/c1-17(12-14-8-4-2-5-9-14)13-16(18)15-10-6-3-7-11-15/h2,4-5,8-9,15H,3,6-7,10-13H2,1H3. The summed E-state index contributed by atoms with van der Waals surface area (Å²) < 4.78 is 0. The van der Waals surface area contributed by atoms with Gasteiger partial charge in [0.15, 0.2) is 0 Å². The van der Waals surface area contributed by atoms with Crippen LogP contribution in [-0.2, 0) is 11.3 Å². The summed E-state index contributed by atoms with van der Waals surface area (Å²) in [6.45, 7) is 1.46. The molecule has 1 aliphatic carbocycles. The lowest BCUT2D eigenvalue weighted by molar-refractivity contribution is -0.124. The van der Waals surface area contributed by atoms with Gasteiger partial charge in [-0.3, -0.25) is 9.69 Å². The molecular formula is C16H23NO. The SMILES string of the molecule is CN(CC(=O)C1CCCCC1)Cc1ccccc1. The number of benzene rings is 1. The van der Waals surface area contributed by atoms with Crippen LogP contribution in [0.3, 0.4) is 0 Å². The highest BCUT2D eigenvalue weighted by atomic mass is 16.1. The van der Waals surface area contributed by atoms with Crippen molar-refractivity contribution in [2.45, 2.75) is 38.6 Å². The van der Waals surface area contributed by atoms with Gasteiger partial charge in [0.25, 0.3) is 0 Å². The third kappa shape index (κ3) is 3.95. The summed E-state index contributed by atoms with van der Waals surface area (Å²) in [6.07, 6.45) is 6.00. The van der Waals surface area contributed by atoms with Gasteiger partial charge in [0.1, 0.15) is 5.78 Å². The van der Waals surface area contributed by atoms with Gasteiger partial charge < -0.3 is 0 Å². The quantitative estimate of drug-likeness (QED) is 0.793. The molecule has 0 spiro atoms. The Balaban J connectivity index is 1.79. The number of hydrogen-bond donors (Lipinski definition) is 0. The van der Waals surface area contributed by atoms with E-state index in [1.54, 1.807) is 0 Å². The molecule has 0 unspecified atom stereocenters. The van der Waals surface area contributed by atoms with Crippen LogP contribution in [0.4, 0.5) is 0 Å². The monoisotopic (exact) mass is 245 g/mol. The fraction of sp³-hybridized carbons (Fsp3) is 0.562. The topological polar surface area (TPSA) is 20.3 Å². The molecule has 1 aromatic carbocycles. The molecule has 18 heavy (non-hydrogen) atoms. The third-order valence-electron chi connectivity index (χ3n) is 3.78. The van der Waals surface area contributed by atoms with Crippen LogP contribution in [0.2, 0.25) is 0 Å². The Labute approximate surface area is 110 Å². The molecule has 2 heteroatoms. The van der Waals surface area contributed by atoms with Crippen LogP contribution in [0.1, 0.15) is 37.7 Å². The largest absolute Gasteiger partial charge is 0.298 e. The van der Waals surface area contributed by atoms with Gasteiger partial charge in [0, 0.05) is 12.5 Å². The van der Waals surface area contributed by atoms with Crippen molar-refractivity contribution in [1.29, 1.82) is 0 Å². The lowest BCUT2D eigenvalue weighted by Gasteiger charge is -2.23. The summed E-state index contributed by atoms with van der Waals surface area (Å²) in [4.78, 5) is 14.3. The highest BCUT2D eigenvalue weighted by molar-refractivity contribution is 5.83. The van der Waals surface area contributed by atoms with Crippen molar-refractivity contribution < 1.29 is 4.79 Å². The first-order valence-corrected chi connectivity index (χ1v) is 7.01. The van der Waals surface area contributed by atoms with Gasteiger partial charge >= 0.3 is 0 Å². The minimum absolute atomic E-state index is 0.331. The van der Waals surface area contributed by atoms with E-state index in [0.717, 1.165) is 19.4 Å².